The van der Waals surface area contributed by atoms with Crippen molar-refractivity contribution in [3.8, 4) is 0 Å². The molecule has 82 valence electrons. The first-order valence-electron chi connectivity index (χ1n) is 4.66. The summed E-state index contributed by atoms with van der Waals surface area (Å²) in [4.78, 5) is 1.15. The molecule has 0 aliphatic rings. The van der Waals surface area contributed by atoms with Crippen molar-refractivity contribution in [2.24, 2.45) is 5.41 Å². The number of rotatable bonds is 4. The monoisotopic (exact) mass is 233 g/mol. The third kappa shape index (κ3) is 7.34. The van der Waals surface area contributed by atoms with Gasteiger partial charge in [0.25, 0.3) is 0 Å². The molecule has 0 aromatic heterocycles. The SMILES string of the molecule is CN/C=C(\C=C(\Cl)CC(C)(C)C)SC. The first kappa shape index (κ1) is 13.9. The molecule has 0 saturated carbocycles. The summed E-state index contributed by atoms with van der Waals surface area (Å²) in [5.74, 6) is 0. The molecule has 0 radical (unpaired) electrons. The topological polar surface area (TPSA) is 12.0 Å². The molecule has 0 saturated heterocycles. The summed E-state index contributed by atoms with van der Waals surface area (Å²) in [6.07, 6.45) is 6.93. The molecular weight excluding hydrogens is 214 g/mol. The Labute approximate surface area is 97.0 Å². The molecular formula is C11H20ClNS. The normalized spacial score (nSPS) is 14.4. The van der Waals surface area contributed by atoms with E-state index in [0.717, 1.165) is 16.4 Å². The van der Waals surface area contributed by atoms with Crippen molar-refractivity contribution in [2.45, 2.75) is 27.2 Å². The highest BCUT2D eigenvalue weighted by Gasteiger charge is 2.11. The summed E-state index contributed by atoms with van der Waals surface area (Å²) in [5.41, 5.74) is 0.247. The van der Waals surface area contributed by atoms with E-state index < -0.39 is 0 Å². The van der Waals surface area contributed by atoms with Crippen molar-refractivity contribution in [2.75, 3.05) is 13.3 Å². The predicted molar refractivity (Wildman–Crippen MR) is 68.7 cm³/mol. The van der Waals surface area contributed by atoms with E-state index in [1.54, 1.807) is 11.8 Å². The minimum absolute atomic E-state index is 0.247. The lowest BCUT2D eigenvalue weighted by Crippen LogP contribution is -2.04. The Kier molecular flexibility index (Phi) is 6.38. The van der Waals surface area contributed by atoms with Gasteiger partial charge >= 0.3 is 0 Å². The van der Waals surface area contributed by atoms with Crippen LogP contribution in [0.5, 0.6) is 0 Å². The molecule has 0 amide bonds. The molecule has 0 unspecified atom stereocenters. The maximum atomic E-state index is 6.15. The van der Waals surface area contributed by atoms with Crippen LogP contribution >= 0.6 is 23.4 Å². The van der Waals surface area contributed by atoms with Crippen LogP contribution in [0.25, 0.3) is 0 Å². The summed E-state index contributed by atoms with van der Waals surface area (Å²) in [7, 11) is 1.89. The van der Waals surface area contributed by atoms with E-state index in [9.17, 15) is 0 Å². The zero-order valence-corrected chi connectivity index (χ0v) is 11.2. The standard InChI is InChI=1S/C11H20ClNS/c1-11(2,3)7-9(12)6-10(14-5)8-13-4/h6,8,13H,7H2,1-5H3/b9-6+,10-8+. The molecule has 0 atom stereocenters. The molecule has 0 rings (SSSR count). The molecule has 3 heteroatoms. The molecule has 0 bridgehead atoms. The molecule has 0 aliphatic carbocycles. The Morgan fingerprint density at radius 3 is 2.36 bits per heavy atom. The Balaban J connectivity index is 4.42. The maximum absolute atomic E-state index is 6.15. The van der Waals surface area contributed by atoms with E-state index in [1.807, 2.05) is 25.6 Å². The molecule has 0 aromatic rings. The van der Waals surface area contributed by atoms with Crippen LogP contribution in [-0.2, 0) is 0 Å². The number of allylic oxidation sites excluding steroid dienone is 2. The largest absolute Gasteiger partial charge is 0.393 e. The zero-order chi connectivity index (χ0) is 11.2. The van der Waals surface area contributed by atoms with Gasteiger partial charge in [0.05, 0.1) is 0 Å². The Hall–Kier alpha value is -0.0800. The van der Waals surface area contributed by atoms with Crippen molar-refractivity contribution in [3.63, 3.8) is 0 Å². The second-order valence-electron chi connectivity index (χ2n) is 4.37. The van der Waals surface area contributed by atoms with E-state index in [2.05, 4.69) is 26.1 Å². The summed E-state index contributed by atoms with van der Waals surface area (Å²) in [6.45, 7) is 6.55. The van der Waals surface area contributed by atoms with Crippen molar-refractivity contribution in [1.29, 1.82) is 0 Å². The number of hydrogen-bond acceptors (Lipinski definition) is 2. The van der Waals surface area contributed by atoms with Crippen LogP contribution in [0.2, 0.25) is 0 Å². The lowest BCUT2D eigenvalue weighted by molar-refractivity contribution is 0.417. The minimum atomic E-state index is 0.247. The highest BCUT2D eigenvalue weighted by molar-refractivity contribution is 8.02. The third-order valence-corrected chi connectivity index (χ3v) is 2.47. The fourth-order valence-corrected chi connectivity index (χ4v) is 2.09. The van der Waals surface area contributed by atoms with Gasteiger partial charge in [-0.05, 0) is 24.2 Å². The first-order chi connectivity index (χ1) is 6.39. The van der Waals surface area contributed by atoms with E-state index >= 15 is 0 Å². The fourth-order valence-electron chi connectivity index (χ4n) is 1.01. The third-order valence-electron chi connectivity index (χ3n) is 1.52. The van der Waals surface area contributed by atoms with Crippen molar-refractivity contribution >= 4 is 23.4 Å². The van der Waals surface area contributed by atoms with Crippen LogP contribution in [0.1, 0.15) is 27.2 Å². The van der Waals surface area contributed by atoms with Crippen LogP contribution in [-0.4, -0.2) is 13.3 Å². The number of halogens is 1. The average molecular weight is 234 g/mol. The highest BCUT2D eigenvalue weighted by atomic mass is 35.5. The summed E-state index contributed by atoms with van der Waals surface area (Å²) in [5, 5.41) is 3.91. The van der Waals surface area contributed by atoms with Gasteiger partial charge in [0.15, 0.2) is 0 Å². The highest BCUT2D eigenvalue weighted by Crippen LogP contribution is 2.28. The van der Waals surface area contributed by atoms with Gasteiger partial charge in [-0.3, -0.25) is 0 Å². The Morgan fingerprint density at radius 1 is 1.43 bits per heavy atom. The van der Waals surface area contributed by atoms with Crippen molar-refractivity contribution in [1.82, 2.24) is 5.32 Å². The average Bonchev–Trinajstić information content (AvgIpc) is 2.00. The molecule has 0 aliphatic heterocycles. The molecule has 1 nitrogen and oxygen atoms in total. The van der Waals surface area contributed by atoms with Gasteiger partial charge < -0.3 is 5.32 Å². The van der Waals surface area contributed by atoms with Gasteiger partial charge in [-0.1, -0.05) is 32.4 Å². The Bertz CT molecular complexity index is 226. The minimum Gasteiger partial charge on any atom is -0.393 e. The van der Waals surface area contributed by atoms with Gasteiger partial charge in [0, 0.05) is 23.2 Å². The van der Waals surface area contributed by atoms with Gasteiger partial charge in [0.2, 0.25) is 0 Å². The second-order valence-corrected chi connectivity index (χ2v) is 5.73. The van der Waals surface area contributed by atoms with Gasteiger partial charge in [-0.15, -0.1) is 11.8 Å². The van der Waals surface area contributed by atoms with Crippen LogP contribution in [0.15, 0.2) is 22.2 Å². The van der Waals surface area contributed by atoms with Crippen LogP contribution in [0.4, 0.5) is 0 Å². The van der Waals surface area contributed by atoms with Crippen LogP contribution in [0, 0.1) is 5.41 Å². The first-order valence-corrected chi connectivity index (χ1v) is 6.27. The smallest absolute Gasteiger partial charge is 0.0237 e. The molecule has 0 spiro atoms. The van der Waals surface area contributed by atoms with Crippen LogP contribution in [0.3, 0.4) is 0 Å². The summed E-state index contributed by atoms with van der Waals surface area (Å²) < 4.78 is 0. The molecule has 0 heterocycles. The van der Waals surface area contributed by atoms with Gasteiger partial charge in [-0.25, -0.2) is 0 Å². The van der Waals surface area contributed by atoms with Gasteiger partial charge in [-0.2, -0.15) is 0 Å². The maximum Gasteiger partial charge on any atom is 0.0237 e. The second kappa shape index (κ2) is 6.41. The predicted octanol–water partition coefficient (Wildman–Crippen LogP) is 3.97. The van der Waals surface area contributed by atoms with E-state index in [0.29, 0.717) is 0 Å². The quantitative estimate of drug-likeness (QED) is 0.738. The van der Waals surface area contributed by atoms with Crippen LogP contribution < -0.4 is 5.32 Å². The lowest BCUT2D eigenvalue weighted by Gasteiger charge is -2.17. The molecule has 0 aromatic carbocycles. The number of hydrogen-bond donors (Lipinski definition) is 1. The van der Waals surface area contributed by atoms with Crippen molar-refractivity contribution in [3.05, 3.63) is 22.2 Å². The number of thioether (sulfide) groups is 1. The summed E-state index contributed by atoms with van der Waals surface area (Å²) in [6, 6.07) is 0. The molecule has 0 fully saturated rings. The lowest BCUT2D eigenvalue weighted by atomic mass is 9.92. The fraction of sp³-hybridized carbons (Fsp3) is 0.636. The number of nitrogens with one attached hydrogen (secondary N) is 1. The Morgan fingerprint density at radius 2 is 2.00 bits per heavy atom. The molecule has 1 N–H and O–H groups in total. The van der Waals surface area contributed by atoms with Gasteiger partial charge in [0.1, 0.15) is 0 Å². The van der Waals surface area contributed by atoms with Crippen molar-refractivity contribution < 1.29 is 0 Å². The molecule has 14 heavy (non-hydrogen) atoms. The van der Waals surface area contributed by atoms with E-state index in [-0.39, 0.29) is 5.41 Å². The van der Waals surface area contributed by atoms with E-state index in [1.165, 1.54) is 0 Å². The zero-order valence-electron chi connectivity index (χ0n) is 9.65. The van der Waals surface area contributed by atoms with E-state index in [4.69, 9.17) is 11.6 Å². The summed E-state index contributed by atoms with van der Waals surface area (Å²) >= 11 is 7.84.